The average molecular weight is 604 g/mol. The maximum absolute atomic E-state index is 14.0. The van der Waals surface area contributed by atoms with Crippen LogP contribution < -0.4 is 14.4 Å². The quantitative estimate of drug-likeness (QED) is 0.316. The standard InChI is InChI=1S/C30H35ClFN3O5S/c1-6-40-27-10-8-7-9-26(27)35(41(38,39)25-17-13-23(31)14-18-25)20-28(36)34(19-22-11-15-24(32)16-12-22)21(2)29(37)33-30(3,4)5/h7-18,21H,6,19-20H2,1-5H3,(H,33,37)/t21-/m1/s1. The molecule has 0 aliphatic carbocycles. The Labute approximate surface area is 246 Å². The second kappa shape index (κ2) is 13.4. The zero-order valence-electron chi connectivity index (χ0n) is 23.7. The third-order valence-corrected chi connectivity index (χ3v) is 8.07. The van der Waals surface area contributed by atoms with E-state index >= 15 is 0 Å². The molecular weight excluding hydrogens is 569 g/mol. The van der Waals surface area contributed by atoms with Crippen molar-refractivity contribution in [3.63, 3.8) is 0 Å². The second-order valence-corrected chi connectivity index (χ2v) is 12.7. The normalized spacial score (nSPS) is 12.4. The van der Waals surface area contributed by atoms with Gasteiger partial charge in [-0.15, -0.1) is 0 Å². The fraction of sp³-hybridized carbons (Fsp3) is 0.333. The Balaban J connectivity index is 2.08. The summed E-state index contributed by atoms with van der Waals surface area (Å²) in [4.78, 5) is 28.4. The number of amides is 2. The van der Waals surface area contributed by atoms with Crippen LogP contribution in [0.1, 0.15) is 40.2 Å². The third kappa shape index (κ3) is 8.43. The maximum atomic E-state index is 14.0. The van der Waals surface area contributed by atoms with Gasteiger partial charge in [0.1, 0.15) is 24.2 Å². The number of ether oxygens (including phenoxy) is 1. The third-order valence-electron chi connectivity index (χ3n) is 6.05. The van der Waals surface area contributed by atoms with E-state index in [1.54, 1.807) is 38.1 Å². The van der Waals surface area contributed by atoms with Crippen molar-refractivity contribution < 1.29 is 27.1 Å². The molecule has 0 fully saturated rings. The lowest BCUT2D eigenvalue weighted by Crippen LogP contribution is -2.54. The minimum Gasteiger partial charge on any atom is -0.492 e. The van der Waals surface area contributed by atoms with Gasteiger partial charge in [0, 0.05) is 17.1 Å². The molecule has 0 aliphatic heterocycles. The molecule has 0 bridgehead atoms. The van der Waals surface area contributed by atoms with Gasteiger partial charge in [-0.1, -0.05) is 35.9 Å². The highest BCUT2D eigenvalue weighted by atomic mass is 35.5. The SMILES string of the molecule is CCOc1ccccc1N(CC(=O)N(Cc1ccc(F)cc1)[C@H](C)C(=O)NC(C)(C)C)S(=O)(=O)c1ccc(Cl)cc1. The van der Waals surface area contributed by atoms with E-state index in [4.69, 9.17) is 16.3 Å². The van der Waals surface area contributed by atoms with Gasteiger partial charge in [-0.25, -0.2) is 12.8 Å². The van der Waals surface area contributed by atoms with Gasteiger partial charge in [-0.3, -0.25) is 13.9 Å². The van der Waals surface area contributed by atoms with Crippen LogP contribution in [-0.2, 0) is 26.2 Å². The first-order chi connectivity index (χ1) is 19.2. The fourth-order valence-electron chi connectivity index (χ4n) is 4.03. The maximum Gasteiger partial charge on any atom is 0.264 e. The Morgan fingerprint density at radius 2 is 1.61 bits per heavy atom. The molecule has 0 radical (unpaired) electrons. The van der Waals surface area contributed by atoms with E-state index < -0.39 is 45.8 Å². The second-order valence-electron chi connectivity index (χ2n) is 10.4. The first-order valence-electron chi connectivity index (χ1n) is 13.1. The van der Waals surface area contributed by atoms with Gasteiger partial charge in [0.15, 0.2) is 0 Å². The number of carbonyl (C=O) groups excluding carboxylic acids is 2. The van der Waals surface area contributed by atoms with Crippen molar-refractivity contribution in [3.8, 4) is 5.75 Å². The minimum absolute atomic E-state index is 0.0558. The van der Waals surface area contributed by atoms with Crippen molar-refractivity contribution in [2.24, 2.45) is 0 Å². The molecule has 1 atom stereocenters. The topological polar surface area (TPSA) is 96.0 Å². The molecule has 1 N–H and O–H groups in total. The molecule has 0 saturated heterocycles. The summed E-state index contributed by atoms with van der Waals surface area (Å²) in [6.07, 6.45) is 0. The minimum atomic E-state index is -4.30. The van der Waals surface area contributed by atoms with E-state index in [9.17, 15) is 22.4 Å². The van der Waals surface area contributed by atoms with Crippen LogP contribution in [0.5, 0.6) is 5.75 Å². The highest BCUT2D eigenvalue weighted by Crippen LogP contribution is 2.33. The smallest absolute Gasteiger partial charge is 0.264 e. The van der Waals surface area contributed by atoms with Gasteiger partial charge in [0.05, 0.1) is 17.2 Å². The first-order valence-corrected chi connectivity index (χ1v) is 14.9. The van der Waals surface area contributed by atoms with Crippen LogP contribution in [0.15, 0.2) is 77.7 Å². The summed E-state index contributed by atoms with van der Waals surface area (Å²) in [6.45, 7) is 8.34. The Kier molecular flexibility index (Phi) is 10.4. The van der Waals surface area contributed by atoms with Crippen molar-refractivity contribution in [3.05, 3.63) is 89.2 Å². The van der Waals surface area contributed by atoms with E-state index in [1.807, 2.05) is 20.8 Å². The van der Waals surface area contributed by atoms with Gasteiger partial charge in [0.2, 0.25) is 11.8 Å². The van der Waals surface area contributed by atoms with Crippen molar-refractivity contribution in [2.75, 3.05) is 17.5 Å². The molecule has 8 nitrogen and oxygen atoms in total. The van der Waals surface area contributed by atoms with Crippen LogP contribution in [0.3, 0.4) is 0 Å². The lowest BCUT2D eigenvalue weighted by atomic mass is 10.1. The van der Waals surface area contributed by atoms with Crippen LogP contribution in [0.25, 0.3) is 0 Å². The predicted octanol–water partition coefficient (Wildman–Crippen LogP) is 5.41. The number of sulfonamides is 1. The van der Waals surface area contributed by atoms with Gasteiger partial charge < -0.3 is 15.0 Å². The number of para-hydroxylation sites is 2. The van der Waals surface area contributed by atoms with Crippen molar-refractivity contribution in [2.45, 2.75) is 57.6 Å². The van der Waals surface area contributed by atoms with Crippen LogP contribution >= 0.6 is 11.6 Å². The summed E-state index contributed by atoms with van der Waals surface area (Å²) in [6, 6.07) is 16.7. The summed E-state index contributed by atoms with van der Waals surface area (Å²) in [5, 5.41) is 3.22. The summed E-state index contributed by atoms with van der Waals surface area (Å²) in [7, 11) is -4.30. The number of hydrogen-bond donors (Lipinski definition) is 1. The summed E-state index contributed by atoms with van der Waals surface area (Å²) < 4.78 is 48.2. The monoisotopic (exact) mass is 603 g/mol. The highest BCUT2D eigenvalue weighted by molar-refractivity contribution is 7.92. The molecule has 2 amide bonds. The molecule has 3 aromatic rings. The zero-order valence-corrected chi connectivity index (χ0v) is 25.3. The summed E-state index contributed by atoms with van der Waals surface area (Å²) in [5.74, 6) is -1.24. The molecule has 11 heteroatoms. The molecule has 0 heterocycles. The van der Waals surface area contributed by atoms with E-state index in [0.717, 1.165) is 4.31 Å². The number of hydrogen-bond acceptors (Lipinski definition) is 5. The molecular formula is C30H35ClFN3O5S. The number of halogens is 2. The lowest BCUT2D eigenvalue weighted by molar-refractivity contribution is -0.140. The predicted molar refractivity (Wildman–Crippen MR) is 158 cm³/mol. The highest BCUT2D eigenvalue weighted by Gasteiger charge is 2.34. The number of carbonyl (C=O) groups is 2. The summed E-state index contributed by atoms with van der Waals surface area (Å²) >= 11 is 6.00. The Morgan fingerprint density at radius 1 is 1.00 bits per heavy atom. The van der Waals surface area contributed by atoms with Crippen LogP contribution in [0, 0.1) is 5.82 Å². The molecule has 3 aromatic carbocycles. The molecule has 0 spiro atoms. The Hall–Kier alpha value is -3.63. The molecule has 0 aromatic heterocycles. The summed E-state index contributed by atoms with van der Waals surface area (Å²) in [5.41, 5.74) is 0.152. The van der Waals surface area contributed by atoms with Crippen LogP contribution in [0.4, 0.5) is 10.1 Å². The van der Waals surface area contributed by atoms with E-state index in [1.165, 1.54) is 53.4 Å². The molecule has 0 saturated carbocycles. The van der Waals surface area contributed by atoms with Crippen molar-refractivity contribution in [1.82, 2.24) is 10.2 Å². The Morgan fingerprint density at radius 3 is 2.20 bits per heavy atom. The molecule has 41 heavy (non-hydrogen) atoms. The zero-order chi connectivity index (χ0) is 30.4. The van der Waals surface area contributed by atoms with Crippen molar-refractivity contribution in [1.29, 1.82) is 0 Å². The van der Waals surface area contributed by atoms with E-state index in [0.29, 0.717) is 10.6 Å². The molecule has 0 aliphatic rings. The van der Waals surface area contributed by atoms with E-state index in [-0.39, 0.29) is 29.5 Å². The van der Waals surface area contributed by atoms with Crippen molar-refractivity contribution >= 4 is 39.1 Å². The first kappa shape index (κ1) is 31.9. The van der Waals surface area contributed by atoms with Gasteiger partial charge >= 0.3 is 0 Å². The number of benzene rings is 3. The Bertz CT molecular complexity index is 1460. The number of nitrogens with zero attached hydrogens (tertiary/aromatic N) is 2. The fourth-order valence-corrected chi connectivity index (χ4v) is 5.58. The van der Waals surface area contributed by atoms with Gasteiger partial charge in [-0.2, -0.15) is 0 Å². The molecule has 3 rings (SSSR count). The van der Waals surface area contributed by atoms with Crippen LogP contribution in [0.2, 0.25) is 5.02 Å². The molecule has 220 valence electrons. The molecule has 0 unspecified atom stereocenters. The van der Waals surface area contributed by atoms with Crippen LogP contribution in [-0.4, -0.2) is 49.9 Å². The van der Waals surface area contributed by atoms with Gasteiger partial charge in [0.25, 0.3) is 10.0 Å². The average Bonchev–Trinajstić information content (AvgIpc) is 2.91. The number of rotatable bonds is 11. The van der Waals surface area contributed by atoms with Gasteiger partial charge in [-0.05, 0) is 88.7 Å². The van der Waals surface area contributed by atoms with E-state index in [2.05, 4.69) is 5.32 Å². The lowest BCUT2D eigenvalue weighted by Gasteiger charge is -2.33. The largest absolute Gasteiger partial charge is 0.492 e. The number of nitrogens with one attached hydrogen (secondary N) is 1. The number of anilines is 1.